The van der Waals surface area contributed by atoms with Crippen LogP contribution in [-0.4, -0.2) is 46.1 Å². The molecule has 0 amide bonds. The van der Waals surface area contributed by atoms with E-state index in [9.17, 15) is 0 Å². The maximum absolute atomic E-state index is 4.30. The van der Waals surface area contributed by atoms with Crippen molar-refractivity contribution in [2.45, 2.75) is 6.04 Å². The minimum Gasteiger partial charge on any atom is -0.351 e. The van der Waals surface area contributed by atoms with Gasteiger partial charge in [0.2, 0.25) is 5.95 Å². The molecular weight excluding hydrogens is 308 g/mol. The van der Waals surface area contributed by atoms with Crippen molar-refractivity contribution >= 4 is 27.7 Å². The van der Waals surface area contributed by atoms with Gasteiger partial charge in [0.1, 0.15) is 5.82 Å². The zero-order chi connectivity index (χ0) is 13.2. The van der Waals surface area contributed by atoms with E-state index >= 15 is 0 Å². The third-order valence-electron chi connectivity index (χ3n) is 3.21. The SMILES string of the molecule is CN(c1ncc(Br)cn1)C1CN(c2cnccn2)C1. The topological polar surface area (TPSA) is 58.0 Å². The number of hydrogen-bond donors (Lipinski definition) is 0. The molecule has 2 aromatic heterocycles. The van der Waals surface area contributed by atoms with Gasteiger partial charge in [-0.05, 0) is 15.9 Å². The van der Waals surface area contributed by atoms with Crippen LogP contribution in [0.25, 0.3) is 0 Å². The van der Waals surface area contributed by atoms with Gasteiger partial charge in [0.05, 0.1) is 16.7 Å². The smallest absolute Gasteiger partial charge is 0.225 e. The lowest BCUT2D eigenvalue weighted by molar-refractivity contribution is 0.486. The van der Waals surface area contributed by atoms with E-state index in [0.717, 1.165) is 29.3 Å². The Morgan fingerprint density at radius 3 is 2.53 bits per heavy atom. The zero-order valence-electron chi connectivity index (χ0n) is 10.4. The number of halogens is 1. The van der Waals surface area contributed by atoms with Crippen molar-refractivity contribution < 1.29 is 0 Å². The Morgan fingerprint density at radius 2 is 1.89 bits per heavy atom. The second kappa shape index (κ2) is 5.08. The molecule has 98 valence electrons. The molecule has 0 radical (unpaired) electrons. The van der Waals surface area contributed by atoms with Crippen molar-refractivity contribution in [2.24, 2.45) is 0 Å². The van der Waals surface area contributed by atoms with E-state index < -0.39 is 0 Å². The predicted molar refractivity (Wildman–Crippen MR) is 76.2 cm³/mol. The van der Waals surface area contributed by atoms with Crippen molar-refractivity contribution in [3.63, 3.8) is 0 Å². The maximum atomic E-state index is 4.30. The molecule has 0 saturated carbocycles. The first-order valence-corrected chi connectivity index (χ1v) is 6.74. The first kappa shape index (κ1) is 12.3. The summed E-state index contributed by atoms with van der Waals surface area (Å²) in [4.78, 5) is 21.2. The van der Waals surface area contributed by atoms with Crippen LogP contribution in [0.1, 0.15) is 0 Å². The minimum absolute atomic E-state index is 0.406. The number of anilines is 2. The van der Waals surface area contributed by atoms with Gasteiger partial charge in [0.25, 0.3) is 0 Å². The van der Waals surface area contributed by atoms with Crippen LogP contribution >= 0.6 is 15.9 Å². The molecule has 7 heteroatoms. The Kier molecular flexibility index (Phi) is 3.29. The lowest BCUT2D eigenvalue weighted by Crippen LogP contribution is -2.59. The second-order valence-electron chi connectivity index (χ2n) is 4.43. The van der Waals surface area contributed by atoms with Crippen LogP contribution in [-0.2, 0) is 0 Å². The Labute approximate surface area is 119 Å². The molecule has 6 nitrogen and oxygen atoms in total. The lowest BCUT2D eigenvalue weighted by Gasteiger charge is -2.44. The van der Waals surface area contributed by atoms with Crippen molar-refractivity contribution in [1.29, 1.82) is 0 Å². The van der Waals surface area contributed by atoms with Crippen LogP contribution in [0.4, 0.5) is 11.8 Å². The van der Waals surface area contributed by atoms with E-state index in [-0.39, 0.29) is 0 Å². The monoisotopic (exact) mass is 320 g/mol. The van der Waals surface area contributed by atoms with Crippen LogP contribution in [0.15, 0.2) is 35.5 Å². The molecule has 19 heavy (non-hydrogen) atoms. The summed E-state index contributed by atoms with van der Waals surface area (Å²) in [7, 11) is 2.02. The summed E-state index contributed by atoms with van der Waals surface area (Å²) in [6.07, 6.45) is 8.70. The summed E-state index contributed by atoms with van der Waals surface area (Å²) in [5.41, 5.74) is 0. The molecule has 0 aromatic carbocycles. The van der Waals surface area contributed by atoms with Crippen molar-refractivity contribution in [3.8, 4) is 0 Å². The molecule has 1 aliphatic heterocycles. The molecule has 1 saturated heterocycles. The van der Waals surface area contributed by atoms with Gasteiger partial charge in [-0.2, -0.15) is 0 Å². The van der Waals surface area contributed by atoms with E-state index in [0.29, 0.717) is 6.04 Å². The third kappa shape index (κ3) is 2.51. The molecule has 1 aliphatic rings. The summed E-state index contributed by atoms with van der Waals surface area (Å²) < 4.78 is 0.888. The minimum atomic E-state index is 0.406. The van der Waals surface area contributed by atoms with E-state index in [1.54, 1.807) is 31.0 Å². The normalized spacial score (nSPS) is 15.2. The zero-order valence-corrected chi connectivity index (χ0v) is 12.0. The van der Waals surface area contributed by atoms with Gasteiger partial charge >= 0.3 is 0 Å². The Balaban J connectivity index is 1.63. The molecule has 0 atom stereocenters. The molecule has 2 aromatic rings. The fraction of sp³-hybridized carbons (Fsp3) is 0.333. The average molecular weight is 321 g/mol. The molecule has 0 N–H and O–H groups in total. The Bertz CT molecular complexity index is 540. The highest BCUT2D eigenvalue weighted by atomic mass is 79.9. The molecule has 1 fully saturated rings. The number of likely N-dealkylation sites (N-methyl/N-ethyl adjacent to an activating group) is 1. The highest BCUT2D eigenvalue weighted by molar-refractivity contribution is 9.10. The molecule has 3 rings (SSSR count). The Morgan fingerprint density at radius 1 is 1.16 bits per heavy atom. The molecular formula is C12H13BrN6. The van der Waals surface area contributed by atoms with Crippen LogP contribution < -0.4 is 9.80 Å². The maximum Gasteiger partial charge on any atom is 0.225 e. The second-order valence-corrected chi connectivity index (χ2v) is 5.35. The van der Waals surface area contributed by atoms with Crippen molar-refractivity contribution in [2.75, 3.05) is 29.9 Å². The third-order valence-corrected chi connectivity index (χ3v) is 3.62. The molecule has 0 aliphatic carbocycles. The van der Waals surface area contributed by atoms with Gasteiger partial charge in [-0.1, -0.05) is 0 Å². The first-order valence-electron chi connectivity index (χ1n) is 5.95. The van der Waals surface area contributed by atoms with Gasteiger partial charge in [-0.25, -0.2) is 15.0 Å². The van der Waals surface area contributed by atoms with Gasteiger partial charge in [0, 0.05) is 44.9 Å². The first-order chi connectivity index (χ1) is 9.24. The van der Waals surface area contributed by atoms with Crippen molar-refractivity contribution in [1.82, 2.24) is 19.9 Å². The summed E-state index contributed by atoms with van der Waals surface area (Å²) in [6.45, 7) is 1.82. The van der Waals surface area contributed by atoms with E-state index in [4.69, 9.17) is 0 Å². The molecule has 0 bridgehead atoms. The van der Waals surface area contributed by atoms with Gasteiger partial charge < -0.3 is 9.80 Å². The highest BCUT2D eigenvalue weighted by Crippen LogP contribution is 2.22. The molecule has 0 spiro atoms. The number of hydrogen-bond acceptors (Lipinski definition) is 6. The largest absolute Gasteiger partial charge is 0.351 e. The summed E-state index contributed by atoms with van der Waals surface area (Å²) in [5, 5.41) is 0. The molecule has 3 heterocycles. The predicted octanol–water partition coefficient (Wildman–Crippen LogP) is 1.35. The summed E-state index contributed by atoms with van der Waals surface area (Å²) >= 11 is 3.34. The summed E-state index contributed by atoms with van der Waals surface area (Å²) in [6, 6.07) is 0.406. The van der Waals surface area contributed by atoms with Gasteiger partial charge in [-0.3, -0.25) is 4.98 Å². The highest BCUT2D eigenvalue weighted by Gasteiger charge is 2.32. The standard InChI is InChI=1S/C12H13BrN6/c1-18(12-16-4-9(13)5-17-12)10-7-19(8-10)11-6-14-2-3-15-11/h2-6,10H,7-8H2,1H3. The molecule has 0 unspecified atom stereocenters. The van der Waals surface area contributed by atoms with E-state index in [1.807, 2.05) is 7.05 Å². The number of rotatable bonds is 3. The van der Waals surface area contributed by atoms with Crippen LogP contribution in [0.3, 0.4) is 0 Å². The number of aromatic nitrogens is 4. The summed E-state index contributed by atoms with van der Waals surface area (Å²) in [5.74, 6) is 1.66. The van der Waals surface area contributed by atoms with E-state index in [1.165, 1.54) is 0 Å². The van der Waals surface area contributed by atoms with Crippen LogP contribution in [0.2, 0.25) is 0 Å². The Hall–Kier alpha value is -1.76. The van der Waals surface area contributed by atoms with E-state index in [2.05, 4.69) is 45.7 Å². The average Bonchev–Trinajstić information content (AvgIpc) is 2.39. The van der Waals surface area contributed by atoms with Crippen LogP contribution in [0.5, 0.6) is 0 Å². The van der Waals surface area contributed by atoms with Gasteiger partial charge in [-0.15, -0.1) is 0 Å². The van der Waals surface area contributed by atoms with Crippen LogP contribution in [0, 0.1) is 0 Å². The van der Waals surface area contributed by atoms with Gasteiger partial charge in [0.15, 0.2) is 0 Å². The lowest BCUT2D eigenvalue weighted by atomic mass is 10.1. The quantitative estimate of drug-likeness (QED) is 0.851. The number of nitrogens with zero attached hydrogens (tertiary/aromatic N) is 6. The fourth-order valence-corrected chi connectivity index (χ4v) is 2.20. The fourth-order valence-electron chi connectivity index (χ4n) is 1.99. The van der Waals surface area contributed by atoms with Crippen molar-refractivity contribution in [3.05, 3.63) is 35.5 Å².